The summed E-state index contributed by atoms with van der Waals surface area (Å²) in [4.78, 5) is 68.5. The molecule has 51 heavy (non-hydrogen) atoms. The van der Waals surface area contributed by atoms with E-state index < -0.39 is 61.9 Å². The van der Waals surface area contributed by atoms with Crippen LogP contribution in [0.1, 0.15) is 27.4 Å². The van der Waals surface area contributed by atoms with Crippen LogP contribution in [-0.2, 0) is 13.1 Å². The van der Waals surface area contributed by atoms with Crippen molar-refractivity contribution in [1.82, 2.24) is 15.0 Å². The molecule has 17 heteroatoms. The first-order chi connectivity index (χ1) is 24.6. The lowest BCUT2D eigenvalue weighted by Gasteiger charge is -2.34. The molecule has 0 atom stereocenters. The lowest BCUT2D eigenvalue weighted by molar-refractivity contribution is 0.102. The molecule has 0 unspecified atom stereocenters. The van der Waals surface area contributed by atoms with Crippen LogP contribution in [0.4, 0.5) is 0 Å². The lowest BCUT2D eigenvalue weighted by atomic mass is 10.0. The number of carbonyl (C=O) groups excluding carboxylic acids is 1. The van der Waals surface area contributed by atoms with Crippen LogP contribution in [0.3, 0.4) is 0 Å². The summed E-state index contributed by atoms with van der Waals surface area (Å²) in [6, 6.07) is 8.26. The molecule has 0 N–H and O–H groups in total. The van der Waals surface area contributed by atoms with Crippen LogP contribution >= 0.6 is 0 Å². The number of ether oxygens (including phenoxy) is 4. The molecular weight excluding hydrogens is 674 g/mol. The SMILES string of the molecule is COc1ccc(CN2CCN(Cc3cc(C(=O)c4c5oc(=O)ccc(=O)oc5c(OC)c5oc(=O)ccc(=O)oc45)no3)CC2)c(OC)c1OC. The minimum Gasteiger partial charge on any atom is -0.493 e. The molecule has 0 aliphatic carbocycles. The van der Waals surface area contributed by atoms with Crippen LogP contribution in [0.15, 0.2) is 83.8 Å². The number of hydrogen-bond acceptors (Lipinski definition) is 17. The zero-order valence-corrected chi connectivity index (χ0v) is 27.8. The number of piperazine rings is 1. The van der Waals surface area contributed by atoms with Crippen LogP contribution in [0.5, 0.6) is 23.0 Å². The minimum atomic E-state index is -1.07. The zero-order chi connectivity index (χ0) is 36.2. The molecule has 266 valence electrons. The molecule has 17 nitrogen and oxygen atoms in total. The van der Waals surface area contributed by atoms with E-state index in [1.54, 1.807) is 21.3 Å². The van der Waals surface area contributed by atoms with Gasteiger partial charge < -0.3 is 41.1 Å². The normalized spacial score (nSPS) is 13.6. The van der Waals surface area contributed by atoms with Crippen molar-refractivity contribution in [1.29, 1.82) is 0 Å². The Morgan fingerprint density at radius 1 is 0.627 bits per heavy atom. The summed E-state index contributed by atoms with van der Waals surface area (Å²) >= 11 is 0. The van der Waals surface area contributed by atoms with Gasteiger partial charge in [-0.2, -0.15) is 0 Å². The van der Waals surface area contributed by atoms with Crippen LogP contribution in [0.25, 0.3) is 22.3 Å². The van der Waals surface area contributed by atoms with E-state index in [9.17, 15) is 24.0 Å². The molecule has 2 aromatic carbocycles. The highest BCUT2D eigenvalue weighted by molar-refractivity contribution is 6.21. The summed E-state index contributed by atoms with van der Waals surface area (Å²) in [5, 5.41) is 3.92. The molecule has 6 rings (SSSR count). The molecule has 0 amide bonds. The van der Waals surface area contributed by atoms with Gasteiger partial charge in [0.05, 0.1) is 35.0 Å². The number of fused-ring (bicyclic) bond motifs is 2. The van der Waals surface area contributed by atoms with E-state index in [2.05, 4.69) is 15.0 Å². The van der Waals surface area contributed by atoms with Gasteiger partial charge in [-0.05, 0) is 6.07 Å². The molecule has 4 heterocycles. The first-order valence-electron chi connectivity index (χ1n) is 15.4. The van der Waals surface area contributed by atoms with Gasteiger partial charge in [-0.25, -0.2) is 19.2 Å². The number of carbonyl (C=O) groups is 1. The minimum absolute atomic E-state index is 0.279. The van der Waals surface area contributed by atoms with E-state index in [-0.39, 0.29) is 5.69 Å². The predicted molar refractivity (Wildman–Crippen MR) is 176 cm³/mol. The van der Waals surface area contributed by atoms with Gasteiger partial charge in [-0.3, -0.25) is 14.6 Å². The van der Waals surface area contributed by atoms with Crippen molar-refractivity contribution in [2.24, 2.45) is 0 Å². The average Bonchev–Trinajstić information content (AvgIpc) is 3.59. The lowest BCUT2D eigenvalue weighted by Crippen LogP contribution is -2.45. The van der Waals surface area contributed by atoms with Crippen molar-refractivity contribution < 1.29 is 45.9 Å². The van der Waals surface area contributed by atoms with Crippen LogP contribution < -0.4 is 41.4 Å². The van der Waals surface area contributed by atoms with E-state index >= 15 is 0 Å². The molecule has 1 aliphatic heterocycles. The van der Waals surface area contributed by atoms with Crippen molar-refractivity contribution in [3.8, 4) is 23.0 Å². The largest absolute Gasteiger partial charge is 0.493 e. The summed E-state index contributed by atoms with van der Waals surface area (Å²) in [5.41, 5.74) is -6.61. The maximum absolute atomic E-state index is 14.1. The zero-order valence-electron chi connectivity index (χ0n) is 27.8. The third-order valence-corrected chi connectivity index (χ3v) is 8.05. The van der Waals surface area contributed by atoms with Gasteiger partial charge in [-0.1, -0.05) is 11.2 Å². The predicted octanol–water partition coefficient (Wildman–Crippen LogP) is 2.50. The van der Waals surface area contributed by atoms with Gasteiger partial charge >= 0.3 is 22.5 Å². The molecule has 0 spiro atoms. The molecule has 1 aliphatic rings. The van der Waals surface area contributed by atoms with Gasteiger partial charge in [0.1, 0.15) is 5.56 Å². The Morgan fingerprint density at radius 3 is 1.61 bits per heavy atom. The Labute approximate surface area is 286 Å². The van der Waals surface area contributed by atoms with Crippen molar-refractivity contribution in [2.75, 3.05) is 54.6 Å². The van der Waals surface area contributed by atoms with Gasteiger partial charge in [-0.15, -0.1) is 0 Å². The van der Waals surface area contributed by atoms with E-state index in [1.807, 2.05) is 12.1 Å². The fourth-order valence-electron chi connectivity index (χ4n) is 5.70. The highest BCUT2D eigenvalue weighted by Crippen LogP contribution is 2.40. The summed E-state index contributed by atoms with van der Waals surface area (Å²) in [5.74, 6) is 0.574. The number of methoxy groups -OCH3 is 4. The van der Waals surface area contributed by atoms with Crippen LogP contribution in [-0.4, -0.2) is 75.4 Å². The summed E-state index contributed by atoms with van der Waals surface area (Å²) in [6.07, 6.45) is 0. The standard InChI is InChI=1S/C34H31N3O14/c1-43-21-6-5-18(28(44-2)29(21)45-3)16-36-11-13-37(14-12-36)17-19-15-20(35-51-19)27(42)26-30-33(49-24(40)9-7-22(38)47-30)32(46-4)34-31(26)48-23(39)8-10-25(41)50-34/h5-10,15H,11-14,16-17H2,1-4H3. The number of benzene rings is 2. The second kappa shape index (κ2) is 14.7. The molecule has 0 radical (unpaired) electrons. The van der Waals surface area contributed by atoms with Crippen LogP contribution in [0, 0.1) is 0 Å². The van der Waals surface area contributed by atoms with Crippen molar-refractivity contribution in [3.63, 3.8) is 0 Å². The number of hydrogen-bond donors (Lipinski definition) is 0. The van der Waals surface area contributed by atoms with E-state index in [0.29, 0.717) is 62.3 Å². The van der Waals surface area contributed by atoms with E-state index in [4.69, 9.17) is 41.1 Å². The Kier molecular flexibility index (Phi) is 10.0. The first-order valence-corrected chi connectivity index (χ1v) is 15.4. The monoisotopic (exact) mass is 705 g/mol. The van der Waals surface area contributed by atoms with E-state index in [1.165, 1.54) is 6.07 Å². The summed E-state index contributed by atoms with van der Waals surface area (Å²) in [7, 11) is 5.82. The topological polar surface area (TPSA) is 207 Å². The smallest absolute Gasteiger partial charge is 0.336 e. The van der Waals surface area contributed by atoms with Crippen LogP contribution in [0.2, 0.25) is 0 Å². The molecule has 5 aromatic rings. The van der Waals surface area contributed by atoms with Crippen molar-refractivity contribution in [3.05, 3.63) is 107 Å². The summed E-state index contributed by atoms with van der Waals surface area (Å²) < 4.78 is 48.7. The Morgan fingerprint density at radius 2 is 1.12 bits per heavy atom. The average molecular weight is 706 g/mol. The fourth-order valence-corrected chi connectivity index (χ4v) is 5.70. The first kappa shape index (κ1) is 34.7. The highest BCUT2D eigenvalue weighted by Gasteiger charge is 2.30. The molecular formula is C34H31N3O14. The second-order valence-electron chi connectivity index (χ2n) is 11.1. The summed E-state index contributed by atoms with van der Waals surface area (Å²) in [6.45, 7) is 3.63. The van der Waals surface area contributed by atoms with Crippen molar-refractivity contribution in [2.45, 2.75) is 13.1 Å². The number of aromatic nitrogens is 1. The van der Waals surface area contributed by atoms with Gasteiger partial charge in [0.15, 0.2) is 34.1 Å². The molecule has 1 saturated heterocycles. The Bertz CT molecular complexity index is 2320. The Hall–Kier alpha value is -6.20. The van der Waals surface area contributed by atoms with E-state index in [0.717, 1.165) is 36.9 Å². The molecule has 1 fully saturated rings. The molecule has 3 aromatic heterocycles. The third-order valence-electron chi connectivity index (χ3n) is 8.05. The van der Waals surface area contributed by atoms with Gasteiger partial charge in [0.2, 0.25) is 28.4 Å². The highest BCUT2D eigenvalue weighted by atomic mass is 16.5. The quantitative estimate of drug-likeness (QED) is 0.191. The molecule has 0 bridgehead atoms. The van der Waals surface area contributed by atoms with Crippen molar-refractivity contribution >= 4 is 28.1 Å². The second-order valence-corrected chi connectivity index (χ2v) is 11.1. The number of ketones is 1. The Balaban J connectivity index is 1.30. The maximum atomic E-state index is 14.1. The fraction of sp³-hybridized carbons (Fsp3) is 0.294. The number of rotatable bonds is 10. The third kappa shape index (κ3) is 7.10. The molecule has 0 saturated carbocycles. The van der Waals surface area contributed by atoms with Gasteiger partial charge in [0, 0.05) is 68.6 Å². The van der Waals surface area contributed by atoms with Gasteiger partial charge in [0.25, 0.3) is 0 Å². The number of nitrogens with zero attached hydrogens (tertiary/aromatic N) is 3. The maximum Gasteiger partial charge on any atom is 0.336 e.